The van der Waals surface area contributed by atoms with Crippen LogP contribution in [0.5, 0.6) is 5.75 Å². The van der Waals surface area contributed by atoms with E-state index in [0.29, 0.717) is 49.2 Å². The number of anilines is 2. The van der Waals surface area contributed by atoms with Gasteiger partial charge in [0.05, 0.1) is 35.3 Å². The van der Waals surface area contributed by atoms with Crippen LogP contribution < -0.4 is 20.3 Å². The number of ether oxygens (including phenoxy) is 1. The highest BCUT2D eigenvalue weighted by atomic mass is 35.5. The zero-order valence-corrected chi connectivity index (χ0v) is 29.9. The van der Waals surface area contributed by atoms with Gasteiger partial charge in [0.15, 0.2) is 0 Å². The number of hydrogen-bond donors (Lipinski definition) is 4. The maximum absolute atomic E-state index is 16.4. The maximum atomic E-state index is 16.4. The second kappa shape index (κ2) is 13.7. The molecule has 1 spiro atoms. The van der Waals surface area contributed by atoms with Gasteiger partial charge in [-0.2, -0.15) is 0 Å². The van der Waals surface area contributed by atoms with Crippen LogP contribution in [0.15, 0.2) is 54.6 Å². The third kappa shape index (κ3) is 6.53. The number of carbonyl (C=O) groups excluding carboxylic acids is 1. The summed E-state index contributed by atoms with van der Waals surface area (Å²) in [6, 6.07) is 13.6. The van der Waals surface area contributed by atoms with Crippen molar-refractivity contribution in [3.05, 3.63) is 87.2 Å². The van der Waals surface area contributed by atoms with Crippen molar-refractivity contribution in [1.82, 2.24) is 5.32 Å². The molecule has 2 fully saturated rings. The average Bonchev–Trinajstić information content (AvgIpc) is 3.56. The smallest absolute Gasteiger partial charge is 0.335 e. The number of carboxylic acid groups (broad SMARTS) is 2. The van der Waals surface area contributed by atoms with Gasteiger partial charge in [0, 0.05) is 40.7 Å². The Balaban J connectivity index is 1.51. The number of amides is 1. The molecule has 1 saturated carbocycles. The molecule has 4 atom stereocenters. The van der Waals surface area contributed by atoms with Crippen LogP contribution in [0.3, 0.4) is 0 Å². The van der Waals surface area contributed by atoms with Gasteiger partial charge in [0.2, 0.25) is 5.91 Å². The van der Waals surface area contributed by atoms with Gasteiger partial charge in [0.1, 0.15) is 11.6 Å². The van der Waals surface area contributed by atoms with Crippen LogP contribution in [0.1, 0.15) is 80.3 Å². The highest BCUT2D eigenvalue weighted by Crippen LogP contribution is 2.59. The van der Waals surface area contributed by atoms with E-state index in [1.165, 1.54) is 31.4 Å². The van der Waals surface area contributed by atoms with Crippen LogP contribution in [0.4, 0.5) is 15.8 Å². The number of benzene rings is 3. The molecule has 4 N–H and O–H groups in total. The van der Waals surface area contributed by atoms with Gasteiger partial charge < -0.3 is 30.5 Å². The fourth-order valence-corrected chi connectivity index (χ4v) is 8.87. The zero-order valence-electron chi connectivity index (χ0n) is 28.4. The number of fused-ring (bicyclic) bond motifs is 2. The first-order valence-corrected chi connectivity index (χ1v) is 17.6. The quantitative estimate of drug-likeness (QED) is 0.186. The standard InChI is InChI=1S/C38H42Cl2FN3O6/c1-37(2,3)18-30-38(19-44(28-17-22(39)11-14-25(28)38)23-12-8-20(9-13-23)35(46)47)31(24-6-5-7-26(40)32(24)41)33(43-30)34(45)42-27-15-10-21(36(48)49)16-29(27)50-4/h5-7,10-11,14-17,20,23,30-31,33,43H,8-9,12-13,18-19H2,1-4H3,(H,42,45)(H,46,47)(H,48,49)/t20?,23?,30-,31-,33+,38-/m0/s1. The highest BCUT2D eigenvalue weighted by molar-refractivity contribution is 6.31. The molecule has 2 heterocycles. The topological polar surface area (TPSA) is 128 Å². The minimum Gasteiger partial charge on any atom is -0.495 e. The van der Waals surface area contributed by atoms with Crippen molar-refractivity contribution in [2.24, 2.45) is 11.3 Å². The number of nitrogens with zero attached hydrogens (tertiary/aromatic N) is 1. The molecule has 2 aliphatic heterocycles. The lowest BCUT2D eigenvalue weighted by atomic mass is 9.63. The fraction of sp³-hybridized carbons (Fsp3) is 0.447. The summed E-state index contributed by atoms with van der Waals surface area (Å²) in [6.45, 7) is 6.82. The summed E-state index contributed by atoms with van der Waals surface area (Å²) in [5, 5.41) is 26.3. The number of carbonyl (C=O) groups is 3. The van der Waals surface area contributed by atoms with E-state index >= 15 is 4.39 Å². The largest absolute Gasteiger partial charge is 0.495 e. The fourth-order valence-electron chi connectivity index (χ4n) is 8.52. The third-order valence-electron chi connectivity index (χ3n) is 10.7. The molecular weight excluding hydrogens is 684 g/mol. The number of carboxylic acids is 2. The van der Waals surface area contributed by atoms with E-state index in [4.69, 9.17) is 27.9 Å². The van der Waals surface area contributed by atoms with Crippen molar-refractivity contribution in [3.63, 3.8) is 0 Å². The summed E-state index contributed by atoms with van der Waals surface area (Å²) in [6.07, 6.45) is 3.06. The summed E-state index contributed by atoms with van der Waals surface area (Å²) >= 11 is 13.1. The molecular formula is C38H42Cl2FN3O6. The summed E-state index contributed by atoms with van der Waals surface area (Å²) in [4.78, 5) is 40.4. The molecule has 0 aromatic heterocycles. The first-order chi connectivity index (χ1) is 23.6. The lowest BCUT2D eigenvalue weighted by Crippen LogP contribution is -2.50. The zero-order chi connectivity index (χ0) is 36.1. The number of halogens is 3. The molecule has 3 aromatic carbocycles. The monoisotopic (exact) mass is 725 g/mol. The Morgan fingerprint density at radius 1 is 1.04 bits per heavy atom. The van der Waals surface area contributed by atoms with Crippen LogP contribution in [0.2, 0.25) is 10.0 Å². The van der Waals surface area contributed by atoms with Crippen molar-refractivity contribution < 1.29 is 33.7 Å². The van der Waals surface area contributed by atoms with E-state index < -0.39 is 47.0 Å². The van der Waals surface area contributed by atoms with Crippen molar-refractivity contribution in [2.75, 3.05) is 23.9 Å². The molecule has 1 amide bonds. The molecule has 6 rings (SSSR count). The second-order valence-electron chi connectivity index (χ2n) is 15.0. The lowest BCUT2D eigenvalue weighted by molar-refractivity contribution is -0.142. The highest BCUT2D eigenvalue weighted by Gasteiger charge is 2.63. The van der Waals surface area contributed by atoms with Crippen molar-refractivity contribution in [1.29, 1.82) is 0 Å². The predicted molar refractivity (Wildman–Crippen MR) is 191 cm³/mol. The number of aliphatic carboxylic acids is 1. The van der Waals surface area contributed by atoms with E-state index in [1.54, 1.807) is 12.1 Å². The van der Waals surface area contributed by atoms with E-state index in [-0.39, 0.29) is 39.5 Å². The van der Waals surface area contributed by atoms with Crippen molar-refractivity contribution in [3.8, 4) is 5.75 Å². The molecule has 0 radical (unpaired) electrons. The molecule has 9 nitrogen and oxygen atoms in total. The molecule has 266 valence electrons. The van der Waals surface area contributed by atoms with Crippen molar-refractivity contribution >= 4 is 52.4 Å². The molecule has 3 aromatic rings. The van der Waals surface area contributed by atoms with E-state index in [1.807, 2.05) is 18.2 Å². The van der Waals surface area contributed by atoms with Crippen LogP contribution in [0, 0.1) is 17.2 Å². The van der Waals surface area contributed by atoms with Gasteiger partial charge in [-0.05, 0) is 85.0 Å². The van der Waals surface area contributed by atoms with Crippen LogP contribution in [-0.4, -0.2) is 59.8 Å². The Hall–Kier alpha value is -3.86. The first-order valence-electron chi connectivity index (χ1n) is 16.9. The van der Waals surface area contributed by atoms with Gasteiger partial charge in [-0.25, -0.2) is 9.18 Å². The van der Waals surface area contributed by atoms with E-state index in [2.05, 4.69) is 36.3 Å². The Morgan fingerprint density at radius 2 is 1.76 bits per heavy atom. The molecule has 3 aliphatic rings. The normalized spacial score (nSPS) is 26.1. The van der Waals surface area contributed by atoms with Crippen LogP contribution >= 0.6 is 23.2 Å². The summed E-state index contributed by atoms with van der Waals surface area (Å²) < 4.78 is 21.9. The third-order valence-corrected chi connectivity index (χ3v) is 11.2. The number of hydrogen-bond acceptors (Lipinski definition) is 6. The van der Waals surface area contributed by atoms with Gasteiger partial charge in [-0.1, -0.05) is 62.2 Å². The first kappa shape index (κ1) is 35.9. The Bertz CT molecular complexity index is 1820. The van der Waals surface area contributed by atoms with Crippen LogP contribution in [-0.2, 0) is 15.0 Å². The van der Waals surface area contributed by atoms with Gasteiger partial charge in [0.25, 0.3) is 0 Å². The Labute approximate surface area is 301 Å². The average molecular weight is 727 g/mol. The summed E-state index contributed by atoms with van der Waals surface area (Å²) in [5.74, 6) is -3.94. The number of nitrogens with one attached hydrogen (secondary N) is 2. The van der Waals surface area contributed by atoms with Gasteiger partial charge >= 0.3 is 11.9 Å². The Morgan fingerprint density at radius 3 is 2.40 bits per heavy atom. The van der Waals surface area contributed by atoms with Gasteiger partial charge in [-0.3, -0.25) is 9.59 Å². The minimum atomic E-state index is -1.14. The molecule has 1 aliphatic carbocycles. The van der Waals surface area contributed by atoms with Crippen LogP contribution in [0.25, 0.3) is 0 Å². The molecule has 50 heavy (non-hydrogen) atoms. The summed E-state index contributed by atoms with van der Waals surface area (Å²) in [7, 11) is 1.39. The maximum Gasteiger partial charge on any atom is 0.335 e. The minimum absolute atomic E-state index is 0.000567. The molecule has 1 saturated heterocycles. The number of methoxy groups -OCH3 is 1. The summed E-state index contributed by atoms with van der Waals surface area (Å²) in [5.41, 5.74) is 1.36. The lowest BCUT2D eigenvalue weighted by Gasteiger charge is -2.42. The molecule has 0 bridgehead atoms. The second-order valence-corrected chi connectivity index (χ2v) is 15.8. The number of aromatic carboxylic acids is 1. The number of rotatable bonds is 8. The SMILES string of the molecule is COc1cc(C(=O)O)ccc1NC(=O)[C@@H]1N[C@@H](CC(C)(C)C)[C@@]2(CN(C3CCC(C(=O)O)CC3)c3cc(Cl)ccc32)[C@H]1c1cccc(Cl)c1F. The van der Waals surface area contributed by atoms with Gasteiger partial charge in [-0.15, -0.1) is 0 Å². The van der Waals surface area contributed by atoms with E-state index in [9.17, 15) is 24.6 Å². The molecule has 12 heteroatoms. The Kier molecular flexibility index (Phi) is 9.85. The predicted octanol–water partition coefficient (Wildman–Crippen LogP) is 7.74. The van der Waals surface area contributed by atoms with E-state index in [0.717, 1.165) is 11.3 Å². The van der Waals surface area contributed by atoms with Crippen molar-refractivity contribution in [2.45, 2.75) is 82.3 Å². The molecule has 0 unspecified atom stereocenters.